The zero-order chi connectivity index (χ0) is 19.4. The summed E-state index contributed by atoms with van der Waals surface area (Å²) in [5, 5.41) is 1.39. The largest absolute Gasteiger partial charge is 0.489 e. The van der Waals surface area contributed by atoms with E-state index in [2.05, 4.69) is 0 Å². The van der Waals surface area contributed by atoms with Crippen LogP contribution in [0.15, 0.2) is 66.8 Å². The second-order valence-corrected chi connectivity index (χ2v) is 5.90. The minimum atomic E-state index is -1.79. The van der Waals surface area contributed by atoms with E-state index in [1.807, 2.05) is 6.92 Å². The molecule has 0 saturated heterocycles. The second kappa shape index (κ2) is 8.08. The summed E-state index contributed by atoms with van der Waals surface area (Å²) in [5.41, 5.74) is 0.557. The highest BCUT2D eigenvalue weighted by atomic mass is 19.3. The van der Waals surface area contributed by atoms with Crippen molar-refractivity contribution in [3.63, 3.8) is 0 Å². The fourth-order valence-corrected chi connectivity index (χ4v) is 2.79. The van der Waals surface area contributed by atoms with E-state index < -0.39 is 17.7 Å². The molecule has 0 N–H and O–H groups in total. The van der Waals surface area contributed by atoms with Crippen LogP contribution >= 0.6 is 0 Å². The molecule has 0 aliphatic rings. The molecule has 3 rings (SSSR count). The maximum absolute atomic E-state index is 14.5. The van der Waals surface area contributed by atoms with E-state index in [1.54, 1.807) is 42.5 Å². The van der Waals surface area contributed by atoms with Gasteiger partial charge in [-0.15, -0.1) is 0 Å². The highest BCUT2D eigenvalue weighted by Crippen LogP contribution is 2.32. The van der Waals surface area contributed by atoms with Crippen molar-refractivity contribution in [3.05, 3.63) is 84.0 Å². The topological polar surface area (TPSA) is 9.23 Å². The van der Waals surface area contributed by atoms with Crippen molar-refractivity contribution in [1.29, 1.82) is 0 Å². The quantitative estimate of drug-likeness (QED) is 0.347. The number of hydrogen-bond donors (Lipinski definition) is 0. The molecular formula is C22H16F4O. The van der Waals surface area contributed by atoms with Crippen LogP contribution in [-0.4, -0.2) is 6.61 Å². The Balaban J connectivity index is 1.98. The van der Waals surface area contributed by atoms with Crippen molar-refractivity contribution in [1.82, 2.24) is 0 Å². The third-order valence-corrected chi connectivity index (χ3v) is 4.03. The molecule has 0 aliphatic heterocycles. The van der Waals surface area contributed by atoms with E-state index in [1.165, 1.54) is 6.07 Å². The number of rotatable bonds is 5. The first-order valence-electron chi connectivity index (χ1n) is 8.28. The summed E-state index contributed by atoms with van der Waals surface area (Å²) in [6, 6.07) is 11.9. The van der Waals surface area contributed by atoms with Gasteiger partial charge in [-0.05, 0) is 41.0 Å². The fraction of sp³-hybridized carbons (Fsp3) is 0.0909. The van der Waals surface area contributed by atoms with Gasteiger partial charge in [0.2, 0.25) is 0 Å². The Morgan fingerprint density at radius 2 is 1.59 bits per heavy atom. The van der Waals surface area contributed by atoms with Gasteiger partial charge >= 0.3 is 0 Å². The van der Waals surface area contributed by atoms with Crippen LogP contribution in [0.4, 0.5) is 17.6 Å². The zero-order valence-electron chi connectivity index (χ0n) is 14.5. The Bertz CT molecular complexity index is 1010. The summed E-state index contributed by atoms with van der Waals surface area (Å²) in [6.45, 7) is 2.04. The van der Waals surface area contributed by atoms with Gasteiger partial charge in [-0.2, -0.15) is 8.78 Å². The van der Waals surface area contributed by atoms with Crippen molar-refractivity contribution in [3.8, 4) is 16.9 Å². The Morgan fingerprint density at radius 3 is 2.26 bits per heavy atom. The smallest absolute Gasteiger partial charge is 0.270 e. The van der Waals surface area contributed by atoms with Gasteiger partial charge in [0.05, 0.1) is 5.56 Å². The molecule has 0 spiro atoms. The van der Waals surface area contributed by atoms with Gasteiger partial charge in [-0.3, -0.25) is 0 Å². The Kier molecular flexibility index (Phi) is 5.60. The SMILES string of the molecule is CC=CCOc1cc(F)c(-c2ccc3cc(C=C(F)F)ccc3c2)c(F)c1. The number of fused-ring (bicyclic) bond motifs is 1. The molecule has 0 fully saturated rings. The standard InChI is InChI=1S/C22H16F4O/c1-2-3-8-27-18-12-19(23)22(20(24)13-18)17-7-6-15-9-14(10-21(25)26)4-5-16(15)11-17/h2-7,9-13H,8H2,1H3. The molecular weight excluding hydrogens is 356 g/mol. The molecule has 0 unspecified atom stereocenters. The van der Waals surface area contributed by atoms with Crippen molar-refractivity contribution in [2.24, 2.45) is 0 Å². The molecule has 0 heterocycles. The van der Waals surface area contributed by atoms with Crippen LogP contribution < -0.4 is 4.74 Å². The van der Waals surface area contributed by atoms with Crippen LogP contribution in [0, 0.1) is 11.6 Å². The van der Waals surface area contributed by atoms with E-state index in [0.29, 0.717) is 21.9 Å². The van der Waals surface area contributed by atoms with Crippen molar-refractivity contribution in [2.45, 2.75) is 6.92 Å². The molecule has 0 amide bonds. The minimum Gasteiger partial charge on any atom is -0.489 e. The zero-order valence-corrected chi connectivity index (χ0v) is 14.5. The number of ether oxygens (including phenoxy) is 1. The lowest BCUT2D eigenvalue weighted by Crippen LogP contribution is -1.97. The summed E-state index contributed by atoms with van der Waals surface area (Å²) in [4.78, 5) is 0. The molecule has 0 radical (unpaired) electrons. The van der Waals surface area contributed by atoms with E-state index in [0.717, 1.165) is 18.2 Å². The first kappa shape index (κ1) is 18.7. The van der Waals surface area contributed by atoms with E-state index >= 15 is 0 Å². The summed E-state index contributed by atoms with van der Waals surface area (Å²) in [6.07, 6.45) is 2.48. The average molecular weight is 372 g/mol. The molecule has 1 nitrogen and oxygen atoms in total. The second-order valence-electron chi connectivity index (χ2n) is 5.90. The molecule has 5 heteroatoms. The van der Waals surface area contributed by atoms with Crippen LogP contribution in [-0.2, 0) is 0 Å². The van der Waals surface area contributed by atoms with Gasteiger partial charge in [-0.25, -0.2) is 8.78 Å². The normalized spacial score (nSPS) is 11.1. The van der Waals surface area contributed by atoms with Crippen molar-refractivity contribution >= 4 is 16.8 Å². The summed E-state index contributed by atoms with van der Waals surface area (Å²) in [7, 11) is 0. The lowest BCUT2D eigenvalue weighted by molar-refractivity contribution is 0.358. The first-order chi connectivity index (χ1) is 13.0. The van der Waals surface area contributed by atoms with Crippen LogP contribution in [0.1, 0.15) is 12.5 Å². The summed E-state index contributed by atoms with van der Waals surface area (Å²) < 4.78 is 59.0. The number of hydrogen-bond acceptors (Lipinski definition) is 1. The lowest BCUT2D eigenvalue weighted by Gasteiger charge is -2.10. The maximum atomic E-state index is 14.5. The van der Waals surface area contributed by atoms with Gasteiger partial charge in [0, 0.05) is 18.2 Å². The molecule has 27 heavy (non-hydrogen) atoms. The molecule has 0 atom stereocenters. The van der Waals surface area contributed by atoms with Gasteiger partial charge in [0.25, 0.3) is 6.08 Å². The molecule has 3 aromatic carbocycles. The maximum Gasteiger partial charge on any atom is 0.270 e. The number of benzene rings is 3. The highest BCUT2D eigenvalue weighted by molar-refractivity contribution is 5.89. The monoisotopic (exact) mass is 372 g/mol. The van der Waals surface area contributed by atoms with Gasteiger partial charge < -0.3 is 4.74 Å². The van der Waals surface area contributed by atoms with Crippen LogP contribution in [0.2, 0.25) is 0 Å². The third kappa shape index (κ3) is 4.37. The van der Waals surface area contributed by atoms with Crippen LogP contribution in [0.5, 0.6) is 5.75 Å². The van der Waals surface area contributed by atoms with Gasteiger partial charge in [0.15, 0.2) is 0 Å². The molecule has 0 aromatic heterocycles. The predicted octanol–water partition coefficient (Wildman–Crippen LogP) is 6.98. The third-order valence-electron chi connectivity index (χ3n) is 4.03. The van der Waals surface area contributed by atoms with Crippen LogP contribution in [0.25, 0.3) is 28.0 Å². The van der Waals surface area contributed by atoms with E-state index in [9.17, 15) is 17.6 Å². The number of halogens is 4. The lowest BCUT2D eigenvalue weighted by atomic mass is 9.99. The molecule has 3 aromatic rings. The van der Waals surface area contributed by atoms with Crippen molar-refractivity contribution in [2.75, 3.05) is 6.61 Å². The molecule has 0 bridgehead atoms. The minimum absolute atomic E-state index is 0.109. The van der Waals surface area contributed by atoms with Crippen LogP contribution in [0.3, 0.4) is 0 Å². The number of allylic oxidation sites excluding steroid dienone is 1. The molecule has 138 valence electrons. The molecule has 0 saturated carbocycles. The average Bonchev–Trinajstić information content (AvgIpc) is 2.61. The predicted molar refractivity (Wildman–Crippen MR) is 99.8 cm³/mol. The van der Waals surface area contributed by atoms with Gasteiger partial charge in [-0.1, -0.05) is 36.4 Å². The highest BCUT2D eigenvalue weighted by Gasteiger charge is 2.14. The van der Waals surface area contributed by atoms with Gasteiger partial charge in [0.1, 0.15) is 24.0 Å². The van der Waals surface area contributed by atoms with Crippen molar-refractivity contribution < 1.29 is 22.3 Å². The fourth-order valence-electron chi connectivity index (χ4n) is 2.79. The first-order valence-corrected chi connectivity index (χ1v) is 8.28. The Labute approximate surface area is 154 Å². The van der Waals surface area contributed by atoms with E-state index in [4.69, 9.17) is 4.74 Å². The van der Waals surface area contributed by atoms with E-state index in [-0.39, 0.29) is 17.9 Å². The Morgan fingerprint density at radius 1 is 0.926 bits per heavy atom. The summed E-state index contributed by atoms with van der Waals surface area (Å²) >= 11 is 0. The Hall–Kier alpha value is -3.08. The summed E-state index contributed by atoms with van der Waals surface area (Å²) in [5.74, 6) is -1.36. The molecule has 0 aliphatic carbocycles.